The number of thiophene rings is 1. The maximum Gasteiger partial charge on any atom is 0.0715 e. The number of fused-ring (bicyclic) bond motifs is 3. The number of rotatable bonds is 8. The number of nitrogens with zero attached hydrogens (tertiary/aromatic N) is 2. The van der Waals surface area contributed by atoms with E-state index in [1.165, 1.54) is 53.6 Å². The molecule has 0 bridgehead atoms. The summed E-state index contributed by atoms with van der Waals surface area (Å²) in [6, 6.07) is 72.2. The SMILES string of the molecule is C1=CCC(c2cc(-c3cccc(-c4ccc5sc6ccc(-c7cccc(-c8cc(-c9ccccc9)nc(-c9ccccc9)c8)c7)cc6c5c4)c3)cc(-c3ccccc3)n2)C=C1. The molecule has 11 rings (SSSR count). The number of hydrogen-bond donors (Lipinski definition) is 0. The molecule has 0 N–H and O–H groups in total. The zero-order valence-corrected chi connectivity index (χ0v) is 34.3. The van der Waals surface area contributed by atoms with Gasteiger partial charge in [-0.05, 0) is 112 Å². The third kappa shape index (κ3) is 7.41. The van der Waals surface area contributed by atoms with Crippen LogP contribution in [0.25, 0.3) is 98.5 Å². The van der Waals surface area contributed by atoms with Gasteiger partial charge in [-0.3, -0.25) is 4.98 Å². The zero-order chi connectivity index (χ0) is 40.5. The lowest BCUT2D eigenvalue weighted by Gasteiger charge is -2.16. The summed E-state index contributed by atoms with van der Waals surface area (Å²) in [6.45, 7) is 0. The molecule has 288 valence electrons. The zero-order valence-electron chi connectivity index (χ0n) is 33.4. The average Bonchev–Trinajstić information content (AvgIpc) is 3.72. The average molecular weight is 797 g/mol. The molecule has 0 amide bonds. The molecule has 10 aromatic rings. The maximum absolute atomic E-state index is 5.18. The Morgan fingerprint density at radius 1 is 0.344 bits per heavy atom. The minimum atomic E-state index is 0.257. The predicted octanol–water partition coefficient (Wildman–Crippen LogP) is 16.1. The fourth-order valence-electron chi connectivity index (χ4n) is 8.57. The Labute approximate surface area is 360 Å². The van der Waals surface area contributed by atoms with Crippen molar-refractivity contribution in [2.45, 2.75) is 12.3 Å². The van der Waals surface area contributed by atoms with Crippen molar-refractivity contribution in [2.75, 3.05) is 0 Å². The van der Waals surface area contributed by atoms with Crippen molar-refractivity contribution in [3.8, 4) is 78.3 Å². The fourth-order valence-corrected chi connectivity index (χ4v) is 9.64. The second-order valence-electron chi connectivity index (χ2n) is 15.7. The molecule has 3 aromatic heterocycles. The standard InChI is InChI=1S/C58H40N2S/c1-5-15-39(16-6-1)53-35-49(36-54(59-53)40-17-7-2-8-18-40)45-25-13-23-43(31-45)47-27-29-57-51(33-47)52-34-48(28-30-58(52)61-57)44-24-14-26-46(32-44)50-37-55(41-19-9-3-10-20-41)60-56(38-50)42-21-11-4-12-22-42/h1-21,23-38,42H,22H2. The van der Waals surface area contributed by atoms with Crippen molar-refractivity contribution in [1.82, 2.24) is 9.97 Å². The predicted molar refractivity (Wildman–Crippen MR) is 259 cm³/mol. The van der Waals surface area contributed by atoms with Crippen LogP contribution in [0.2, 0.25) is 0 Å². The van der Waals surface area contributed by atoms with Gasteiger partial charge in [-0.1, -0.05) is 164 Å². The first-order valence-corrected chi connectivity index (χ1v) is 21.7. The van der Waals surface area contributed by atoms with Crippen molar-refractivity contribution in [2.24, 2.45) is 0 Å². The van der Waals surface area contributed by atoms with E-state index in [1.807, 2.05) is 11.3 Å². The van der Waals surface area contributed by atoms with Gasteiger partial charge in [-0.15, -0.1) is 11.3 Å². The van der Waals surface area contributed by atoms with E-state index in [9.17, 15) is 0 Å². The first-order valence-electron chi connectivity index (χ1n) is 20.9. The van der Waals surface area contributed by atoms with Crippen molar-refractivity contribution >= 4 is 31.5 Å². The largest absolute Gasteiger partial charge is 0.252 e. The van der Waals surface area contributed by atoms with E-state index in [4.69, 9.17) is 9.97 Å². The van der Waals surface area contributed by atoms with Crippen LogP contribution in [0, 0.1) is 0 Å². The Kier molecular flexibility index (Phi) is 9.57. The second kappa shape index (κ2) is 16.0. The highest BCUT2D eigenvalue weighted by Crippen LogP contribution is 2.40. The molecule has 7 aromatic carbocycles. The molecule has 0 spiro atoms. The third-order valence-corrected chi connectivity index (χ3v) is 12.9. The van der Waals surface area contributed by atoms with E-state index < -0.39 is 0 Å². The van der Waals surface area contributed by atoms with Crippen molar-refractivity contribution in [3.05, 3.63) is 230 Å². The van der Waals surface area contributed by atoms with E-state index in [2.05, 4.69) is 224 Å². The summed E-state index contributed by atoms with van der Waals surface area (Å²) >= 11 is 1.86. The summed E-state index contributed by atoms with van der Waals surface area (Å²) in [5, 5.41) is 2.56. The smallest absolute Gasteiger partial charge is 0.0715 e. The quantitative estimate of drug-likeness (QED) is 0.153. The number of aromatic nitrogens is 2. The van der Waals surface area contributed by atoms with E-state index in [0.29, 0.717) is 0 Å². The molecule has 0 saturated heterocycles. The molecule has 1 atom stereocenters. The van der Waals surface area contributed by atoms with Crippen molar-refractivity contribution < 1.29 is 0 Å². The summed E-state index contributed by atoms with van der Waals surface area (Å²) in [5.74, 6) is 0.257. The minimum Gasteiger partial charge on any atom is -0.252 e. The monoisotopic (exact) mass is 796 g/mol. The highest BCUT2D eigenvalue weighted by molar-refractivity contribution is 7.25. The van der Waals surface area contributed by atoms with Crippen LogP contribution < -0.4 is 0 Å². The van der Waals surface area contributed by atoms with Crippen LogP contribution in [0.5, 0.6) is 0 Å². The Bertz CT molecular complexity index is 3210. The van der Waals surface area contributed by atoms with Crippen LogP contribution in [-0.4, -0.2) is 9.97 Å². The topological polar surface area (TPSA) is 25.8 Å². The van der Waals surface area contributed by atoms with Crippen molar-refractivity contribution in [1.29, 1.82) is 0 Å². The van der Waals surface area contributed by atoms with Crippen LogP contribution in [0.3, 0.4) is 0 Å². The Morgan fingerprint density at radius 3 is 1.25 bits per heavy atom. The highest BCUT2D eigenvalue weighted by Gasteiger charge is 2.16. The minimum absolute atomic E-state index is 0.257. The van der Waals surface area contributed by atoms with E-state index >= 15 is 0 Å². The van der Waals surface area contributed by atoms with E-state index in [0.717, 1.165) is 57.0 Å². The van der Waals surface area contributed by atoms with Crippen LogP contribution in [-0.2, 0) is 0 Å². The highest BCUT2D eigenvalue weighted by atomic mass is 32.1. The summed E-state index contributed by atoms with van der Waals surface area (Å²) < 4.78 is 2.58. The number of allylic oxidation sites excluding steroid dienone is 4. The third-order valence-electron chi connectivity index (χ3n) is 11.8. The lowest BCUT2D eigenvalue weighted by Crippen LogP contribution is -2.01. The molecule has 0 saturated carbocycles. The number of benzene rings is 7. The van der Waals surface area contributed by atoms with Gasteiger partial charge in [0.2, 0.25) is 0 Å². The number of pyridine rings is 2. The van der Waals surface area contributed by atoms with Crippen LogP contribution in [0.1, 0.15) is 18.0 Å². The van der Waals surface area contributed by atoms with Gasteiger partial charge in [0.15, 0.2) is 0 Å². The maximum atomic E-state index is 5.18. The van der Waals surface area contributed by atoms with Gasteiger partial charge in [-0.25, -0.2) is 4.98 Å². The molecule has 1 aliphatic rings. The lowest BCUT2D eigenvalue weighted by atomic mass is 9.92. The van der Waals surface area contributed by atoms with Gasteiger partial charge < -0.3 is 0 Å². The first kappa shape index (κ1) is 36.6. The molecule has 0 fully saturated rings. The second-order valence-corrected chi connectivity index (χ2v) is 16.8. The normalized spacial score (nSPS) is 13.5. The number of hydrogen-bond acceptors (Lipinski definition) is 3. The summed E-state index contributed by atoms with van der Waals surface area (Å²) in [6.07, 6.45) is 9.72. The van der Waals surface area contributed by atoms with Crippen LogP contribution >= 0.6 is 11.3 Å². The molecule has 1 unspecified atom stereocenters. The lowest BCUT2D eigenvalue weighted by molar-refractivity contribution is 0.818. The van der Waals surface area contributed by atoms with Gasteiger partial charge in [0.1, 0.15) is 0 Å². The first-order chi connectivity index (χ1) is 30.2. The molecule has 1 aliphatic carbocycles. The van der Waals surface area contributed by atoms with Gasteiger partial charge in [0, 0.05) is 48.5 Å². The molecule has 0 radical (unpaired) electrons. The fraction of sp³-hybridized carbons (Fsp3) is 0.0345. The Balaban J connectivity index is 0.956. The molecule has 61 heavy (non-hydrogen) atoms. The van der Waals surface area contributed by atoms with Crippen molar-refractivity contribution in [3.63, 3.8) is 0 Å². The Morgan fingerprint density at radius 2 is 0.770 bits per heavy atom. The molecule has 3 heteroatoms. The molecule has 3 heterocycles. The van der Waals surface area contributed by atoms with Gasteiger partial charge in [0.05, 0.1) is 17.1 Å². The van der Waals surface area contributed by atoms with Gasteiger partial charge in [0.25, 0.3) is 0 Å². The van der Waals surface area contributed by atoms with Crippen LogP contribution in [0.15, 0.2) is 224 Å². The summed E-state index contributed by atoms with van der Waals surface area (Å²) in [4.78, 5) is 10.3. The molecule has 2 nitrogen and oxygen atoms in total. The molecule has 0 aliphatic heterocycles. The molecular weight excluding hydrogens is 757 g/mol. The molecular formula is C58H40N2S. The van der Waals surface area contributed by atoms with E-state index in [1.54, 1.807) is 0 Å². The summed E-state index contributed by atoms with van der Waals surface area (Å²) in [5.41, 5.74) is 16.8. The van der Waals surface area contributed by atoms with E-state index in [-0.39, 0.29) is 5.92 Å². The van der Waals surface area contributed by atoms with Crippen LogP contribution in [0.4, 0.5) is 0 Å². The van der Waals surface area contributed by atoms with Gasteiger partial charge >= 0.3 is 0 Å². The Hall–Kier alpha value is -7.46. The summed E-state index contributed by atoms with van der Waals surface area (Å²) in [7, 11) is 0. The van der Waals surface area contributed by atoms with Gasteiger partial charge in [-0.2, -0.15) is 0 Å².